The summed E-state index contributed by atoms with van der Waals surface area (Å²) in [5, 5.41) is 4.24. The van der Waals surface area contributed by atoms with Crippen molar-refractivity contribution in [2.75, 3.05) is 0 Å². The Labute approximate surface area is 118 Å². The molecule has 0 atom stereocenters. The molecule has 2 rings (SSSR count). The van der Waals surface area contributed by atoms with E-state index in [4.69, 9.17) is 16.3 Å². The summed E-state index contributed by atoms with van der Waals surface area (Å²) in [6.45, 7) is 8.08. The molecule has 0 saturated heterocycles. The minimum atomic E-state index is 0.303. The number of aromatic nitrogens is 3. The van der Waals surface area contributed by atoms with Gasteiger partial charge in [-0.2, -0.15) is 5.10 Å². The van der Waals surface area contributed by atoms with Crippen molar-refractivity contribution in [2.45, 2.75) is 39.6 Å². The topological polar surface area (TPSA) is 39.9 Å². The van der Waals surface area contributed by atoms with Crippen LogP contribution in [-0.4, -0.2) is 14.8 Å². The van der Waals surface area contributed by atoms with Gasteiger partial charge in [0.15, 0.2) is 5.75 Å². The average Bonchev–Trinajstić information content (AvgIpc) is 2.77. The first kappa shape index (κ1) is 13.9. The molecule has 0 aliphatic rings. The van der Waals surface area contributed by atoms with Crippen LogP contribution in [0.1, 0.15) is 36.7 Å². The Balaban J connectivity index is 2.31. The molecular formula is C14H18ClN3O. The average molecular weight is 280 g/mol. The van der Waals surface area contributed by atoms with Gasteiger partial charge in [0.05, 0.1) is 18.3 Å². The Morgan fingerprint density at radius 2 is 2.11 bits per heavy atom. The van der Waals surface area contributed by atoms with Gasteiger partial charge in [0.25, 0.3) is 0 Å². The molecular weight excluding hydrogens is 262 g/mol. The van der Waals surface area contributed by atoms with Crippen molar-refractivity contribution in [1.82, 2.24) is 14.8 Å². The Bertz CT molecular complexity index is 578. The molecule has 0 amide bonds. The zero-order valence-electron chi connectivity index (χ0n) is 11.6. The molecule has 0 bridgehead atoms. The lowest BCUT2D eigenvalue weighted by atomic mass is 10.1. The molecule has 2 aromatic heterocycles. The summed E-state index contributed by atoms with van der Waals surface area (Å²) < 4.78 is 7.66. The van der Waals surface area contributed by atoms with Gasteiger partial charge < -0.3 is 4.74 Å². The quantitative estimate of drug-likeness (QED) is 0.794. The zero-order valence-corrected chi connectivity index (χ0v) is 12.4. The second kappa shape index (κ2) is 5.61. The minimum Gasteiger partial charge on any atom is -0.435 e. The predicted molar refractivity (Wildman–Crippen MR) is 76.0 cm³/mol. The maximum atomic E-state index is 5.97. The summed E-state index contributed by atoms with van der Waals surface area (Å²) in [7, 11) is 0. The van der Waals surface area contributed by atoms with Crippen LogP contribution < -0.4 is 4.74 Å². The molecule has 0 fully saturated rings. The standard InChI is InChI=1S/C14H18ClN3O/c1-9(2)18-8-12(7-16-18)19-14-13(6-15)10(3)5-11(4)17-14/h5,7-9H,6H2,1-4H3. The van der Waals surface area contributed by atoms with Gasteiger partial charge in [0.1, 0.15) is 0 Å². The van der Waals surface area contributed by atoms with Gasteiger partial charge in [-0.15, -0.1) is 11.6 Å². The lowest BCUT2D eigenvalue weighted by molar-refractivity contribution is 0.453. The molecule has 0 unspecified atom stereocenters. The highest BCUT2D eigenvalue weighted by molar-refractivity contribution is 6.17. The second-order valence-corrected chi connectivity index (χ2v) is 5.12. The third kappa shape index (κ3) is 3.07. The molecule has 0 saturated carbocycles. The van der Waals surface area contributed by atoms with Crippen LogP contribution in [0.3, 0.4) is 0 Å². The first-order chi connectivity index (χ1) is 9.01. The summed E-state index contributed by atoms with van der Waals surface area (Å²) in [6, 6.07) is 2.30. The molecule has 2 aromatic rings. The van der Waals surface area contributed by atoms with Gasteiger partial charge in [-0.05, 0) is 39.3 Å². The van der Waals surface area contributed by atoms with Crippen molar-refractivity contribution in [3.05, 3.63) is 35.3 Å². The fourth-order valence-electron chi connectivity index (χ4n) is 1.84. The fourth-order valence-corrected chi connectivity index (χ4v) is 2.17. The van der Waals surface area contributed by atoms with E-state index in [1.54, 1.807) is 6.20 Å². The van der Waals surface area contributed by atoms with Crippen LogP contribution in [-0.2, 0) is 5.88 Å². The van der Waals surface area contributed by atoms with Gasteiger partial charge in [-0.25, -0.2) is 4.98 Å². The smallest absolute Gasteiger partial charge is 0.224 e. The summed E-state index contributed by atoms with van der Waals surface area (Å²) in [5.74, 6) is 1.63. The van der Waals surface area contributed by atoms with Crippen LogP contribution >= 0.6 is 11.6 Å². The van der Waals surface area contributed by atoms with Crippen LogP contribution in [0.2, 0.25) is 0 Å². The molecule has 0 N–H and O–H groups in total. The fraction of sp³-hybridized carbons (Fsp3) is 0.429. The number of aryl methyl sites for hydroxylation is 2. The SMILES string of the molecule is Cc1cc(C)c(CCl)c(Oc2cnn(C(C)C)c2)n1. The summed E-state index contributed by atoms with van der Waals surface area (Å²) in [4.78, 5) is 4.41. The highest BCUT2D eigenvalue weighted by atomic mass is 35.5. The summed E-state index contributed by atoms with van der Waals surface area (Å²) in [5.41, 5.74) is 2.93. The monoisotopic (exact) mass is 279 g/mol. The normalized spacial score (nSPS) is 11.1. The Morgan fingerprint density at radius 3 is 2.68 bits per heavy atom. The third-order valence-corrected chi connectivity index (χ3v) is 3.16. The van der Waals surface area contributed by atoms with E-state index in [0.29, 0.717) is 23.6 Å². The Morgan fingerprint density at radius 1 is 1.37 bits per heavy atom. The van der Waals surface area contributed by atoms with Crippen molar-refractivity contribution >= 4 is 11.6 Å². The molecule has 2 heterocycles. The van der Waals surface area contributed by atoms with Gasteiger partial charge in [0, 0.05) is 17.3 Å². The maximum absolute atomic E-state index is 5.97. The zero-order chi connectivity index (χ0) is 14.0. The number of rotatable bonds is 4. The van der Waals surface area contributed by atoms with E-state index >= 15 is 0 Å². The largest absolute Gasteiger partial charge is 0.435 e. The van der Waals surface area contributed by atoms with Gasteiger partial charge in [-0.3, -0.25) is 4.68 Å². The van der Waals surface area contributed by atoms with Crippen molar-refractivity contribution in [3.63, 3.8) is 0 Å². The second-order valence-electron chi connectivity index (χ2n) is 4.85. The molecule has 0 aliphatic carbocycles. The van der Waals surface area contributed by atoms with Gasteiger partial charge in [-0.1, -0.05) is 0 Å². The number of hydrogen-bond donors (Lipinski definition) is 0. The summed E-state index contributed by atoms with van der Waals surface area (Å²) >= 11 is 5.97. The molecule has 0 spiro atoms. The summed E-state index contributed by atoms with van der Waals surface area (Å²) in [6.07, 6.45) is 3.55. The minimum absolute atomic E-state index is 0.303. The van der Waals surface area contributed by atoms with E-state index in [9.17, 15) is 0 Å². The Hall–Kier alpha value is -1.55. The third-order valence-electron chi connectivity index (χ3n) is 2.89. The maximum Gasteiger partial charge on any atom is 0.224 e. The van der Waals surface area contributed by atoms with Gasteiger partial charge in [0.2, 0.25) is 5.88 Å². The van der Waals surface area contributed by atoms with Gasteiger partial charge >= 0.3 is 0 Å². The number of halogens is 1. The number of nitrogens with zero attached hydrogens (tertiary/aromatic N) is 3. The van der Waals surface area contributed by atoms with Crippen LogP contribution in [0.5, 0.6) is 11.6 Å². The van der Waals surface area contributed by atoms with E-state index in [2.05, 4.69) is 23.9 Å². The lowest BCUT2D eigenvalue weighted by Crippen LogP contribution is -2.00. The van der Waals surface area contributed by atoms with Crippen LogP contribution in [0.4, 0.5) is 0 Å². The van der Waals surface area contributed by atoms with E-state index in [-0.39, 0.29) is 0 Å². The van der Waals surface area contributed by atoms with Crippen molar-refractivity contribution < 1.29 is 4.74 Å². The van der Waals surface area contributed by atoms with Crippen molar-refractivity contribution in [1.29, 1.82) is 0 Å². The van der Waals surface area contributed by atoms with Crippen molar-refractivity contribution in [2.24, 2.45) is 0 Å². The molecule has 102 valence electrons. The molecule has 0 aliphatic heterocycles. The highest BCUT2D eigenvalue weighted by Crippen LogP contribution is 2.27. The molecule has 4 nitrogen and oxygen atoms in total. The number of pyridine rings is 1. The first-order valence-corrected chi connectivity index (χ1v) is 6.79. The molecule has 5 heteroatoms. The Kier molecular flexibility index (Phi) is 4.10. The number of ether oxygens (including phenoxy) is 1. The number of hydrogen-bond acceptors (Lipinski definition) is 3. The highest BCUT2D eigenvalue weighted by Gasteiger charge is 2.12. The predicted octanol–water partition coefficient (Wildman–Crippen LogP) is 4.01. The van der Waals surface area contributed by atoms with E-state index in [0.717, 1.165) is 16.8 Å². The van der Waals surface area contributed by atoms with E-state index < -0.39 is 0 Å². The lowest BCUT2D eigenvalue weighted by Gasteiger charge is -2.10. The van der Waals surface area contributed by atoms with E-state index in [1.165, 1.54) is 0 Å². The molecule has 0 radical (unpaired) electrons. The molecule has 19 heavy (non-hydrogen) atoms. The molecule has 0 aromatic carbocycles. The van der Waals surface area contributed by atoms with E-state index in [1.807, 2.05) is 30.8 Å². The van der Waals surface area contributed by atoms with Crippen molar-refractivity contribution in [3.8, 4) is 11.6 Å². The van der Waals surface area contributed by atoms with Crippen LogP contribution in [0, 0.1) is 13.8 Å². The van der Waals surface area contributed by atoms with Crippen LogP contribution in [0.15, 0.2) is 18.5 Å². The number of alkyl halides is 1. The van der Waals surface area contributed by atoms with Crippen LogP contribution in [0.25, 0.3) is 0 Å². The first-order valence-electron chi connectivity index (χ1n) is 6.26.